The molecule has 0 heterocycles. The van der Waals surface area contributed by atoms with Crippen molar-refractivity contribution in [1.29, 1.82) is 0 Å². The molecule has 1 fully saturated rings. The summed E-state index contributed by atoms with van der Waals surface area (Å²) in [4.78, 5) is 22.7. The summed E-state index contributed by atoms with van der Waals surface area (Å²) >= 11 is 0. The molecule has 2 rings (SSSR count). The minimum absolute atomic E-state index is 0.0800. The highest BCUT2D eigenvalue weighted by Crippen LogP contribution is 2.31. The van der Waals surface area contributed by atoms with Crippen LogP contribution in [0.5, 0.6) is 5.75 Å². The number of sulfonamides is 1. The van der Waals surface area contributed by atoms with Crippen LogP contribution < -0.4 is 10.1 Å². The van der Waals surface area contributed by atoms with Gasteiger partial charge in [-0.15, -0.1) is 0 Å². The van der Waals surface area contributed by atoms with E-state index in [0.29, 0.717) is 5.92 Å². The highest BCUT2D eigenvalue weighted by molar-refractivity contribution is 7.89. The second kappa shape index (κ2) is 10.0. The van der Waals surface area contributed by atoms with Gasteiger partial charge in [0.05, 0.1) is 9.82 Å². The normalized spacial score (nSPS) is 19.7. The summed E-state index contributed by atoms with van der Waals surface area (Å²) in [5.74, 6) is -0.107. The predicted octanol–water partition coefficient (Wildman–Crippen LogP) is 2.70. The number of nitrogens with zero attached hydrogens (tertiary/aromatic N) is 2. The molecule has 1 N–H and O–H groups in total. The van der Waals surface area contributed by atoms with Crippen molar-refractivity contribution < 1.29 is 22.9 Å². The van der Waals surface area contributed by atoms with Crippen molar-refractivity contribution in [3.8, 4) is 5.75 Å². The average Bonchev–Trinajstić information content (AvgIpc) is 2.68. The third-order valence-electron chi connectivity index (χ3n) is 5.29. The van der Waals surface area contributed by atoms with Gasteiger partial charge in [0, 0.05) is 25.2 Å². The van der Waals surface area contributed by atoms with Crippen molar-refractivity contribution in [3.05, 3.63) is 28.3 Å². The smallest absolute Gasteiger partial charge is 0.312 e. The molecule has 0 radical (unpaired) electrons. The molecule has 0 aromatic heterocycles. The third-order valence-corrected chi connectivity index (χ3v) is 7.33. The Labute approximate surface area is 171 Å². The Bertz CT molecular complexity index is 838. The summed E-state index contributed by atoms with van der Waals surface area (Å²) in [5.41, 5.74) is -0.489. The number of rotatable bonds is 9. The van der Waals surface area contributed by atoms with Crippen LogP contribution in [0.2, 0.25) is 0 Å². The standard InChI is InChI=1S/C19H29N3O6S/c1-4-21(5-2)29(26,27)15-10-11-18(17(12-15)22(24)25)28-13-19(23)20-16-9-7-6-8-14(16)3/h10-12,14,16H,4-9,13H2,1-3H3,(H,20,23)/t14-,16-/m0/s1. The van der Waals surface area contributed by atoms with E-state index in [1.807, 2.05) is 0 Å². The molecular formula is C19H29N3O6S. The van der Waals surface area contributed by atoms with Crippen LogP contribution in [0, 0.1) is 16.0 Å². The van der Waals surface area contributed by atoms with Gasteiger partial charge >= 0.3 is 5.69 Å². The molecule has 1 aliphatic carbocycles. The molecule has 1 amide bonds. The van der Waals surface area contributed by atoms with Gasteiger partial charge in [-0.2, -0.15) is 4.31 Å². The fourth-order valence-corrected chi connectivity index (χ4v) is 5.04. The molecule has 0 saturated heterocycles. The first kappa shape index (κ1) is 23.1. The average molecular weight is 428 g/mol. The van der Waals surface area contributed by atoms with Crippen LogP contribution in [0.25, 0.3) is 0 Å². The summed E-state index contributed by atoms with van der Waals surface area (Å²) in [6.07, 6.45) is 4.17. The van der Waals surface area contributed by atoms with Crippen molar-refractivity contribution in [2.24, 2.45) is 5.92 Å². The highest BCUT2D eigenvalue weighted by Gasteiger charge is 2.27. The van der Waals surface area contributed by atoms with Gasteiger partial charge in [-0.3, -0.25) is 14.9 Å². The van der Waals surface area contributed by atoms with Gasteiger partial charge in [0.1, 0.15) is 0 Å². The molecule has 29 heavy (non-hydrogen) atoms. The van der Waals surface area contributed by atoms with Crippen LogP contribution >= 0.6 is 0 Å². The lowest BCUT2D eigenvalue weighted by atomic mass is 9.86. The first-order valence-electron chi connectivity index (χ1n) is 9.91. The van der Waals surface area contributed by atoms with Crippen LogP contribution in [0.3, 0.4) is 0 Å². The Morgan fingerprint density at radius 1 is 1.28 bits per heavy atom. The minimum Gasteiger partial charge on any atom is -0.477 e. The number of amides is 1. The largest absolute Gasteiger partial charge is 0.477 e. The maximum Gasteiger partial charge on any atom is 0.312 e. The summed E-state index contributed by atoms with van der Waals surface area (Å²) in [6, 6.07) is 3.54. The van der Waals surface area contributed by atoms with Crippen LogP contribution in [0.1, 0.15) is 46.5 Å². The van der Waals surface area contributed by atoms with Gasteiger partial charge in [0.2, 0.25) is 10.0 Å². The summed E-state index contributed by atoms with van der Waals surface area (Å²) < 4.78 is 31.8. The number of nitro benzene ring substituents is 1. The van der Waals surface area contributed by atoms with E-state index in [4.69, 9.17) is 4.74 Å². The Morgan fingerprint density at radius 2 is 1.93 bits per heavy atom. The van der Waals surface area contributed by atoms with Crippen molar-refractivity contribution >= 4 is 21.6 Å². The Kier molecular flexibility index (Phi) is 7.97. The van der Waals surface area contributed by atoms with E-state index >= 15 is 0 Å². The number of carbonyl (C=O) groups is 1. The van der Waals surface area contributed by atoms with Crippen LogP contribution in [-0.4, -0.2) is 49.3 Å². The van der Waals surface area contributed by atoms with E-state index < -0.39 is 20.6 Å². The van der Waals surface area contributed by atoms with Crippen LogP contribution in [0.4, 0.5) is 5.69 Å². The first-order chi connectivity index (χ1) is 13.7. The van der Waals surface area contributed by atoms with E-state index in [2.05, 4.69) is 12.2 Å². The maximum absolute atomic E-state index is 12.6. The summed E-state index contributed by atoms with van der Waals surface area (Å²) in [7, 11) is -3.84. The van der Waals surface area contributed by atoms with E-state index in [0.717, 1.165) is 31.7 Å². The number of hydrogen-bond donors (Lipinski definition) is 1. The van der Waals surface area contributed by atoms with Crippen LogP contribution in [0.15, 0.2) is 23.1 Å². The molecular weight excluding hydrogens is 398 g/mol. The Hall–Kier alpha value is -2.20. The van der Waals surface area contributed by atoms with Gasteiger partial charge in [0.25, 0.3) is 5.91 Å². The zero-order chi connectivity index (χ0) is 21.6. The lowest BCUT2D eigenvalue weighted by Crippen LogP contribution is -2.43. The van der Waals surface area contributed by atoms with Crippen molar-refractivity contribution in [2.75, 3.05) is 19.7 Å². The number of carbonyl (C=O) groups excluding carboxylic acids is 1. The molecule has 1 saturated carbocycles. The molecule has 1 aliphatic rings. The summed E-state index contributed by atoms with van der Waals surface area (Å²) in [6.45, 7) is 5.61. The van der Waals surface area contributed by atoms with Crippen molar-refractivity contribution in [1.82, 2.24) is 9.62 Å². The molecule has 0 unspecified atom stereocenters. The fraction of sp³-hybridized carbons (Fsp3) is 0.632. The van der Waals surface area contributed by atoms with E-state index in [-0.39, 0.29) is 42.3 Å². The molecule has 0 spiro atoms. The van der Waals surface area contributed by atoms with Gasteiger partial charge in [-0.05, 0) is 30.9 Å². The number of benzene rings is 1. The lowest BCUT2D eigenvalue weighted by Gasteiger charge is -2.29. The molecule has 10 heteroatoms. The van der Waals surface area contributed by atoms with E-state index in [1.165, 1.54) is 16.4 Å². The molecule has 1 aromatic carbocycles. The predicted molar refractivity (Wildman–Crippen MR) is 108 cm³/mol. The van der Waals surface area contributed by atoms with Gasteiger partial charge in [-0.25, -0.2) is 8.42 Å². The fourth-order valence-electron chi connectivity index (χ4n) is 3.56. The molecule has 2 atom stereocenters. The second-order valence-corrected chi connectivity index (χ2v) is 9.14. The Morgan fingerprint density at radius 3 is 2.52 bits per heavy atom. The third kappa shape index (κ3) is 5.66. The molecule has 162 valence electrons. The first-order valence-corrected chi connectivity index (χ1v) is 11.3. The monoisotopic (exact) mass is 427 g/mol. The lowest BCUT2D eigenvalue weighted by molar-refractivity contribution is -0.386. The molecule has 0 bridgehead atoms. The number of hydrogen-bond acceptors (Lipinski definition) is 6. The minimum atomic E-state index is -3.84. The van der Waals surface area contributed by atoms with Gasteiger partial charge < -0.3 is 10.1 Å². The number of nitro groups is 1. The Balaban J connectivity index is 2.13. The zero-order valence-corrected chi connectivity index (χ0v) is 17.9. The second-order valence-electron chi connectivity index (χ2n) is 7.20. The highest BCUT2D eigenvalue weighted by atomic mass is 32.2. The summed E-state index contributed by atoms with van der Waals surface area (Å²) in [5, 5.41) is 14.3. The van der Waals surface area contributed by atoms with Gasteiger partial charge in [0.15, 0.2) is 12.4 Å². The quantitative estimate of drug-likeness (QED) is 0.478. The SMILES string of the molecule is CCN(CC)S(=O)(=O)c1ccc(OCC(=O)N[C@H]2CCCC[C@@H]2C)c([N+](=O)[O-])c1. The van der Waals surface area contributed by atoms with Gasteiger partial charge in [-0.1, -0.05) is 33.6 Å². The number of nitrogens with one attached hydrogen (secondary N) is 1. The van der Waals surface area contributed by atoms with Crippen molar-refractivity contribution in [2.45, 2.75) is 57.4 Å². The van der Waals surface area contributed by atoms with Crippen LogP contribution in [-0.2, 0) is 14.8 Å². The zero-order valence-electron chi connectivity index (χ0n) is 17.1. The molecule has 9 nitrogen and oxygen atoms in total. The van der Waals surface area contributed by atoms with E-state index in [1.54, 1.807) is 13.8 Å². The van der Waals surface area contributed by atoms with E-state index in [9.17, 15) is 23.3 Å². The topological polar surface area (TPSA) is 119 Å². The molecule has 1 aromatic rings. The maximum atomic E-state index is 12.6. The number of ether oxygens (including phenoxy) is 1. The van der Waals surface area contributed by atoms with Crippen molar-refractivity contribution in [3.63, 3.8) is 0 Å². The molecule has 0 aliphatic heterocycles.